The number of ether oxygens (including phenoxy) is 2. The summed E-state index contributed by atoms with van der Waals surface area (Å²) >= 11 is 3.43. The van der Waals surface area contributed by atoms with E-state index in [-0.39, 0.29) is 30.4 Å². The normalized spacial score (nSPS) is 26.9. The van der Waals surface area contributed by atoms with Gasteiger partial charge in [0, 0.05) is 22.5 Å². The Morgan fingerprint density at radius 3 is 2.04 bits per heavy atom. The summed E-state index contributed by atoms with van der Waals surface area (Å²) in [7, 11) is 0. The highest BCUT2D eigenvalue weighted by Crippen LogP contribution is 2.43. The summed E-state index contributed by atoms with van der Waals surface area (Å²) in [6, 6.07) is 8.33. The maximum atomic E-state index is 12.2. The minimum atomic E-state index is -0.497. The van der Waals surface area contributed by atoms with Crippen molar-refractivity contribution in [1.82, 2.24) is 10.6 Å². The Balaban J connectivity index is 1.34. The van der Waals surface area contributed by atoms with E-state index in [4.69, 9.17) is 9.47 Å². The molecule has 2 fully saturated rings. The molecule has 1 aromatic rings. The molecular formula is C21H29BrN2O4. The minimum Gasteiger partial charge on any atom is -0.446 e. The van der Waals surface area contributed by atoms with Crippen LogP contribution in [0.2, 0.25) is 0 Å². The predicted molar refractivity (Wildman–Crippen MR) is 110 cm³/mol. The zero-order valence-electron chi connectivity index (χ0n) is 16.7. The number of halogens is 1. The first kappa shape index (κ1) is 21.0. The van der Waals surface area contributed by atoms with Gasteiger partial charge >= 0.3 is 12.2 Å². The van der Waals surface area contributed by atoms with Crippen molar-refractivity contribution in [1.29, 1.82) is 0 Å². The Morgan fingerprint density at radius 1 is 0.964 bits per heavy atom. The van der Waals surface area contributed by atoms with E-state index < -0.39 is 5.60 Å². The van der Waals surface area contributed by atoms with Crippen LogP contribution in [-0.4, -0.2) is 36.0 Å². The first-order valence-electron chi connectivity index (χ1n) is 9.92. The summed E-state index contributed by atoms with van der Waals surface area (Å²) in [5, 5.41) is 5.88. The SMILES string of the molecule is CC(C)(C)OC(=O)NC1CCC(NC(=O)O[C@@H]2C[C@H]2c2ccc(Br)cc2)CC1. The van der Waals surface area contributed by atoms with Crippen molar-refractivity contribution in [2.45, 2.75) is 82.6 Å². The summed E-state index contributed by atoms with van der Waals surface area (Å²) in [5.74, 6) is 0.299. The van der Waals surface area contributed by atoms with Gasteiger partial charge in [-0.05, 0) is 70.6 Å². The van der Waals surface area contributed by atoms with Gasteiger partial charge in [-0.1, -0.05) is 28.1 Å². The highest BCUT2D eigenvalue weighted by Gasteiger charge is 2.42. The molecule has 0 heterocycles. The van der Waals surface area contributed by atoms with Crippen LogP contribution in [0.4, 0.5) is 9.59 Å². The van der Waals surface area contributed by atoms with Gasteiger partial charge in [-0.3, -0.25) is 0 Å². The van der Waals surface area contributed by atoms with Gasteiger partial charge < -0.3 is 20.1 Å². The maximum Gasteiger partial charge on any atom is 0.407 e. The van der Waals surface area contributed by atoms with Crippen molar-refractivity contribution in [2.75, 3.05) is 0 Å². The van der Waals surface area contributed by atoms with Crippen LogP contribution in [0, 0.1) is 0 Å². The molecule has 0 aromatic heterocycles. The first-order chi connectivity index (χ1) is 13.2. The molecule has 0 spiro atoms. The summed E-state index contributed by atoms with van der Waals surface area (Å²) in [4.78, 5) is 24.0. The van der Waals surface area contributed by atoms with Crippen LogP contribution < -0.4 is 10.6 Å². The maximum absolute atomic E-state index is 12.2. The van der Waals surface area contributed by atoms with Gasteiger partial charge in [0.2, 0.25) is 0 Å². The fourth-order valence-electron chi connectivity index (χ4n) is 3.56. The van der Waals surface area contributed by atoms with Crippen LogP contribution in [0.25, 0.3) is 0 Å². The highest BCUT2D eigenvalue weighted by molar-refractivity contribution is 9.10. The number of carbonyl (C=O) groups excluding carboxylic acids is 2. The van der Waals surface area contributed by atoms with Gasteiger partial charge in [-0.15, -0.1) is 0 Å². The van der Waals surface area contributed by atoms with E-state index in [9.17, 15) is 9.59 Å². The summed E-state index contributed by atoms with van der Waals surface area (Å²) < 4.78 is 11.9. The molecule has 2 atom stereocenters. The van der Waals surface area contributed by atoms with E-state index in [1.165, 1.54) is 5.56 Å². The van der Waals surface area contributed by atoms with E-state index in [1.807, 2.05) is 32.9 Å². The first-order valence-corrected chi connectivity index (χ1v) is 10.7. The predicted octanol–water partition coefficient (Wildman–Crippen LogP) is 4.87. The molecule has 0 radical (unpaired) electrons. The number of rotatable bonds is 4. The van der Waals surface area contributed by atoms with Gasteiger partial charge in [0.15, 0.2) is 0 Å². The molecule has 0 aliphatic heterocycles. The van der Waals surface area contributed by atoms with E-state index >= 15 is 0 Å². The third-order valence-corrected chi connectivity index (χ3v) is 5.59. The molecule has 0 saturated heterocycles. The average Bonchev–Trinajstić information content (AvgIpc) is 3.34. The number of nitrogens with one attached hydrogen (secondary N) is 2. The van der Waals surface area contributed by atoms with Crippen molar-refractivity contribution in [3.63, 3.8) is 0 Å². The molecule has 0 bridgehead atoms. The lowest BCUT2D eigenvalue weighted by Crippen LogP contribution is -2.45. The molecule has 2 aliphatic carbocycles. The average molecular weight is 453 g/mol. The lowest BCUT2D eigenvalue weighted by atomic mass is 9.91. The number of benzene rings is 1. The summed E-state index contributed by atoms with van der Waals surface area (Å²) in [5.41, 5.74) is 0.707. The van der Waals surface area contributed by atoms with Crippen LogP contribution in [-0.2, 0) is 9.47 Å². The molecule has 1 aromatic carbocycles. The fourth-order valence-corrected chi connectivity index (χ4v) is 3.82. The van der Waals surface area contributed by atoms with Crippen LogP contribution >= 0.6 is 15.9 Å². The van der Waals surface area contributed by atoms with Gasteiger partial charge in [0.05, 0.1) is 0 Å². The second-order valence-electron chi connectivity index (χ2n) is 8.68. The van der Waals surface area contributed by atoms with Crippen LogP contribution in [0.3, 0.4) is 0 Å². The molecule has 2 aliphatic rings. The topological polar surface area (TPSA) is 76.7 Å². The third-order valence-electron chi connectivity index (χ3n) is 5.06. The molecule has 2 N–H and O–H groups in total. The van der Waals surface area contributed by atoms with Gasteiger partial charge in [-0.25, -0.2) is 9.59 Å². The molecule has 7 heteroatoms. The monoisotopic (exact) mass is 452 g/mol. The van der Waals surface area contributed by atoms with E-state index in [1.54, 1.807) is 0 Å². The lowest BCUT2D eigenvalue weighted by molar-refractivity contribution is 0.0488. The van der Waals surface area contributed by atoms with E-state index in [0.717, 1.165) is 36.6 Å². The van der Waals surface area contributed by atoms with Crippen molar-refractivity contribution < 1.29 is 19.1 Å². The van der Waals surface area contributed by atoms with Gasteiger partial charge in [0.1, 0.15) is 11.7 Å². The van der Waals surface area contributed by atoms with Gasteiger partial charge in [-0.2, -0.15) is 0 Å². The van der Waals surface area contributed by atoms with E-state index in [0.29, 0.717) is 5.92 Å². The minimum absolute atomic E-state index is 0.0358. The number of carbonyl (C=O) groups is 2. The summed E-state index contributed by atoms with van der Waals surface area (Å²) in [6.45, 7) is 5.54. The Labute approximate surface area is 174 Å². The van der Waals surface area contributed by atoms with Crippen molar-refractivity contribution in [2.24, 2.45) is 0 Å². The number of alkyl carbamates (subject to hydrolysis) is 2. The van der Waals surface area contributed by atoms with Gasteiger partial charge in [0.25, 0.3) is 0 Å². The molecule has 3 rings (SSSR count). The Kier molecular flexibility index (Phi) is 6.53. The number of hydrogen-bond acceptors (Lipinski definition) is 4. The lowest BCUT2D eigenvalue weighted by Gasteiger charge is -2.30. The standard InChI is InChI=1S/C21H29BrN2O4/c1-21(2,3)28-20(26)24-16-10-8-15(9-11-16)23-19(25)27-18-12-17(18)13-4-6-14(22)7-5-13/h4-7,15-18H,8-12H2,1-3H3,(H,23,25)(H,24,26)/t15?,16?,17-,18+/m0/s1. The highest BCUT2D eigenvalue weighted by atomic mass is 79.9. The van der Waals surface area contributed by atoms with Crippen molar-refractivity contribution in [3.8, 4) is 0 Å². The quantitative estimate of drug-likeness (QED) is 0.682. The molecule has 0 unspecified atom stereocenters. The van der Waals surface area contributed by atoms with Crippen molar-refractivity contribution >= 4 is 28.1 Å². The number of hydrogen-bond donors (Lipinski definition) is 2. The molecule has 2 saturated carbocycles. The Bertz CT molecular complexity index is 693. The van der Waals surface area contributed by atoms with E-state index in [2.05, 4.69) is 38.7 Å². The Hall–Kier alpha value is -1.76. The largest absolute Gasteiger partial charge is 0.446 e. The molecule has 28 heavy (non-hydrogen) atoms. The zero-order chi connectivity index (χ0) is 20.3. The fraction of sp³-hybridized carbons (Fsp3) is 0.619. The molecular weight excluding hydrogens is 424 g/mol. The van der Waals surface area contributed by atoms with Crippen molar-refractivity contribution in [3.05, 3.63) is 34.3 Å². The van der Waals surface area contributed by atoms with Crippen LogP contribution in [0.5, 0.6) is 0 Å². The van der Waals surface area contributed by atoms with Crippen LogP contribution in [0.1, 0.15) is 64.4 Å². The molecule has 6 nitrogen and oxygen atoms in total. The van der Waals surface area contributed by atoms with Crippen LogP contribution in [0.15, 0.2) is 28.7 Å². The Morgan fingerprint density at radius 2 is 1.50 bits per heavy atom. The molecule has 154 valence electrons. The zero-order valence-corrected chi connectivity index (χ0v) is 18.3. The second kappa shape index (κ2) is 8.72. The molecule has 2 amide bonds. The number of amides is 2. The smallest absolute Gasteiger partial charge is 0.407 e. The summed E-state index contributed by atoms with van der Waals surface area (Å²) in [6.07, 6.45) is 3.38. The second-order valence-corrected chi connectivity index (χ2v) is 9.59. The third kappa shape index (κ3) is 6.40.